The Balaban J connectivity index is 2.17. The van der Waals surface area contributed by atoms with E-state index in [4.69, 9.17) is 0 Å². The maximum Gasteiger partial charge on any atom is 0.295 e. The Morgan fingerprint density at radius 1 is 1.04 bits per heavy atom. The normalized spacial score (nSPS) is 20.1. The van der Waals surface area contributed by atoms with Crippen molar-refractivity contribution in [1.82, 2.24) is 4.90 Å². The Hall–Kier alpha value is -2.15. The van der Waals surface area contributed by atoms with E-state index >= 15 is 0 Å². The number of benzene rings is 2. The summed E-state index contributed by atoms with van der Waals surface area (Å²) in [7, 11) is 1.58. The molecule has 23 heavy (non-hydrogen) atoms. The zero-order valence-corrected chi connectivity index (χ0v) is 14.5. The lowest BCUT2D eigenvalue weighted by atomic mass is 9.95. The molecule has 0 bridgehead atoms. The van der Waals surface area contributed by atoms with E-state index in [9.17, 15) is 14.7 Å². The van der Waals surface area contributed by atoms with E-state index in [1.165, 1.54) is 4.90 Å². The molecule has 1 unspecified atom stereocenters. The van der Waals surface area contributed by atoms with Crippen LogP contribution in [0, 0.1) is 3.57 Å². The van der Waals surface area contributed by atoms with E-state index in [0.29, 0.717) is 5.56 Å². The van der Waals surface area contributed by atoms with Crippen LogP contribution in [0.15, 0.2) is 60.2 Å². The maximum absolute atomic E-state index is 12.4. The Morgan fingerprint density at radius 2 is 1.65 bits per heavy atom. The molecule has 0 aliphatic carbocycles. The highest BCUT2D eigenvalue weighted by atomic mass is 127. The number of likely N-dealkylation sites (N-methyl/N-ethyl adjacent to an activating group) is 1. The summed E-state index contributed by atoms with van der Waals surface area (Å²) in [5.41, 5.74) is 1.45. The summed E-state index contributed by atoms with van der Waals surface area (Å²) in [6.45, 7) is 0. The van der Waals surface area contributed by atoms with Gasteiger partial charge in [-0.2, -0.15) is 0 Å². The molecule has 5 heteroatoms. The van der Waals surface area contributed by atoms with Crippen LogP contribution in [0.2, 0.25) is 0 Å². The van der Waals surface area contributed by atoms with Crippen LogP contribution in [0.5, 0.6) is 0 Å². The van der Waals surface area contributed by atoms with Gasteiger partial charge in [-0.05, 0) is 40.3 Å². The number of carbonyl (C=O) groups is 2. The average molecular weight is 419 g/mol. The molecule has 1 aliphatic heterocycles. The quantitative estimate of drug-likeness (QED) is 0.352. The van der Waals surface area contributed by atoms with Crippen molar-refractivity contribution in [2.24, 2.45) is 0 Å². The third-order valence-electron chi connectivity index (χ3n) is 3.91. The van der Waals surface area contributed by atoms with E-state index in [1.807, 2.05) is 30.3 Å². The van der Waals surface area contributed by atoms with Crippen molar-refractivity contribution < 1.29 is 14.7 Å². The Morgan fingerprint density at radius 3 is 2.26 bits per heavy atom. The molecule has 1 aliphatic rings. The molecule has 2 aromatic carbocycles. The van der Waals surface area contributed by atoms with Gasteiger partial charge in [0.25, 0.3) is 11.7 Å². The number of likely N-dealkylation sites (tertiary alicyclic amines) is 1. The van der Waals surface area contributed by atoms with Crippen LogP contribution in [-0.2, 0) is 9.59 Å². The lowest BCUT2D eigenvalue weighted by molar-refractivity contribution is -0.139. The van der Waals surface area contributed by atoms with Gasteiger partial charge in [-0.1, -0.05) is 42.5 Å². The fraction of sp³-hybridized carbons (Fsp3) is 0.111. The first-order chi connectivity index (χ1) is 11.0. The minimum atomic E-state index is -0.655. The number of hydrogen-bond donors (Lipinski definition) is 1. The molecule has 1 saturated heterocycles. The summed E-state index contributed by atoms with van der Waals surface area (Å²) in [4.78, 5) is 25.9. The number of aliphatic hydroxyl groups excluding tert-OH is 1. The van der Waals surface area contributed by atoms with Crippen LogP contribution in [0.25, 0.3) is 5.76 Å². The number of ketones is 1. The first-order valence-electron chi connectivity index (χ1n) is 7.06. The number of Topliss-reactive ketones (excluding diaryl/α,β-unsaturated/α-hetero) is 1. The van der Waals surface area contributed by atoms with Crippen molar-refractivity contribution in [2.45, 2.75) is 6.04 Å². The molecule has 1 fully saturated rings. The second-order valence-corrected chi connectivity index (χ2v) is 6.57. The van der Waals surface area contributed by atoms with Crippen molar-refractivity contribution in [3.05, 3.63) is 74.9 Å². The molecule has 4 nitrogen and oxygen atoms in total. The second kappa shape index (κ2) is 6.16. The van der Waals surface area contributed by atoms with E-state index in [1.54, 1.807) is 31.3 Å². The molecule has 0 saturated carbocycles. The molecule has 0 spiro atoms. The van der Waals surface area contributed by atoms with Crippen LogP contribution in [0.4, 0.5) is 0 Å². The number of rotatable bonds is 2. The lowest BCUT2D eigenvalue weighted by Crippen LogP contribution is -2.24. The highest BCUT2D eigenvalue weighted by molar-refractivity contribution is 14.1. The van der Waals surface area contributed by atoms with Gasteiger partial charge < -0.3 is 10.0 Å². The van der Waals surface area contributed by atoms with Crippen LogP contribution in [0.3, 0.4) is 0 Å². The van der Waals surface area contributed by atoms with E-state index in [-0.39, 0.29) is 11.3 Å². The predicted molar refractivity (Wildman–Crippen MR) is 95.7 cm³/mol. The predicted octanol–water partition coefficient (Wildman–Crippen LogP) is 3.34. The number of hydrogen-bond acceptors (Lipinski definition) is 3. The third-order valence-corrected chi connectivity index (χ3v) is 4.63. The van der Waals surface area contributed by atoms with Crippen molar-refractivity contribution in [2.75, 3.05) is 7.05 Å². The molecule has 116 valence electrons. The number of nitrogens with zero attached hydrogens (tertiary/aromatic N) is 1. The molecule has 1 heterocycles. The summed E-state index contributed by atoms with van der Waals surface area (Å²) >= 11 is 2.19. The lowest BCUT2D eigenvalue weighted by Gasteiger charge is -2.21. The van der Waals surface area contributed by atoms with E-state index in [0.717, 1.165) is 9.13 Å². The third kappa shape index (κ3) is 2.76. The number of aliphatic hydroxyl groups is 1. The Kier molecular flexibility index (Phi) is 4.21. The first kappa shape index (κ1) is 15.7. The number of carbonyl (C=O) groups excluding carboxylic acids is 2. The van der Waals surface area contributed by atoms with Crippen molar-refractivity contribution in [3.8, 4) is 0 Å². The van der Waals surface area contributed by atoms with Crippen molar-refractivity contribution >= 4 is 40.0 Å². The summed E-state index contributed by atoms with van der Waals surface area (Å²) in [6.07, 6.45) is 0. The second-order valence-electron chi connectivity index (χ2n) is 5.33. The zero-order valence-electron chi connectivity index (χ0n) is 12.4. The summed E-state index contributed by atoms with van der Waals surface area (Å²) in [5, 5.41) is 10.6. The summed E-state index contributed by atoms with van der Waals surface area (Å²) in [5.74, 6) is -1.40. The monoisotopic (exact) mass is 419 g/mol. The minimum Gasteiger partial charge on any atom is -0.507 e. The van der Waals surface area contributed by atoms with Gasteiger partial charge in [0.2, 0.25) is 0 Å². The largest absolute Gasteiger partial charge is 0.507 e. The van der Waals surface area contributed by atoms with Crippen molar-refractivity contribution in [3.63, 3.8) is 0 Å². The molecule has 1 N–H and O–H groups in total. The maximum atomic E-state index is 12.4. The Labute approximate surface area is 147 Å². The summed E-state index contributed by atoms with van der Waals surface area (Å²) in [6, 6.07) is 15.8. The number of amides is 1. The van der Waals surface area contributed by atoms with Crippen LogP contribution < -0.4 is 0 Å². The highest BCUT2D eigenvalue weighted by Gasteiger charge is 2.44. The van der Waals surface area contributed by atoms with E-state index < -0.39 is 17.7 Å². The van der Waals surface area contributed by atoms with Gasteiger partial charge in [-0.25, -0.2) is 0 Å². The average Bonchev–Trinajstić information content (AvgIpc) is 2.80. The molecular formula is C18H14INO3. The van der Waals surface area contributed by atoms with Gasteiger partial charge >= 0.3 is 0 Å². The minimum absolute atomic E-state index is 0.130. The van der Waals surface area contributed by atoms with Gasteiger partial charge in [0.15, 0.2) is 0 Å². The first-order valence-corrected chi connectivity index (χ1v) is 8.14. The van der Waals surface area contributed by atoms with Gasteiger partial charge in [0.05, 0.1) is 11.6 Å². The molecule has 1 amide bonds. The zero-order chi connectivity index (χ0) is 16.6. The van der Waals surface area contributed by atoms with Gasteiger partial charge in [-0.3, -0.25) is 9.59 Å². The van der Waals surface area contributed by atoms with Crippen LogP contribution >= 0.6 is 22.6 Å². The standard InChI is InChI=1S/C18H14INO3/c1-20-15(11-7-9-13(19)10-8-11)14(17(22)18(20)23)16(21)12-5-3-2-4-6-12/h2-10,15,21H,1H3. The van der Waals surface area contributed by atoms with Crippen molar-refractivity contribution in [1.29, 1.82) is 0 Å². The SMILES string of the molecule is CN1C(=O)C(=O)C(=C(O)c2ccccc2)C1c1ccc(I)cc1. The van der Waals surface area contributed by atoms with Crippen LogP contribution in [0.1, 0.15) is 17.2 Å². The van der Waals surface area contributed by atoms with Crippen LogP contribution in [-0.4, -0.2) is 28.7 Å². The van der Waals surface area contributed by atoms with Gasteiger partial charge in [0.1, 0.15) is 5.76 Å². The molecule has 0 radical (unpaired) electrons. The number of halogens is 1. The molecular weight excluding hydrogens is 405 g/mol. The molecule has 3 rings (SSSR count). The van der Waals surface area contributed by atoms with Gasteiger partial charge in [-0.15, -0.1) is 0 Å². The molecule has 1 atom stereocenters. The smallest absolute Gasteiger partial charge is 0.295 e. The molecule has 0 aromatic heterocycles. The van der Waals surface area contributed by atoms with E-state index in [2.05, 4.69) is 22.6 Å². The fourth-order valence-corrected chi connectivity index (χ4v) is 3.09. The van der Waals surface area contributed by atoms with Gasteiger partial charge in [0, 0.05) is 16.2 Å². The Bertz CT molecular complexity index is 797. The highest BCUT2D eigenvalue weighted by Crippen LogP contribution is 2.38. The summed E-state index contributed by atoms with van der Waals surface area (Å²) < 4.78 is 1.06. The topological polar surface area (TPSA) is 57.6 Å². The molecule has 2 aromatic rings. The fourth-order valence-electron chi connectivity index (χ4n) is 2.73.